The topological polar surface area (TPSA) is 50.2 Å². The maximum absolute atomic E-state index is 13.0. The highest BCUT2D eigenvalue weighted by atomic mass is 35.5. The van der Waals surface area contributed by atoms with Crippen LogP contribution >= 0.6 is 11.6 Å². The van der Waals surface area contributed by atoms with E-state index in [-0.39, 0.29) is 16.8 Å². The van der Waals surface area contributed by atoms with Crippen LogP contribution in [0.25, 0.3) is 5.69 Å². The van der Waals surface area contributed by atoms with Crippen molar-refractivity contribution in [3.05, 3.63) is 65.5 Å². The molecule has 1 N–H and O–H groups in total. The number of anilines is 1. The molecule has 1 aliphatic heterocycles. The number of hydrogen-bond acceptors (Lipinski definition) is 2. The smallest absolute Gasteiger partial charge is 0.308 e. The molecule has 27 heavy (non-hydrogen) atoms. The number of rotatable bonds is 1. The Hall–Kier alpha value is -2.53. The normalized spacial score (nSPS) is 18.6. The number of benzene rings is 1. The number of alkyl halides is 1. The molecule has 0 radical (unpaired) electrons. The minimum atomic E-state index is -0.171. The van der Waals surface area contributed by atoms with E-state index in [1.165, 1.54) is 0 Å². The van der Waals surface area contributed by atoms with Crippen molar-refractivity contribution in [1.29, 1.82) is 0 Å². The molecule has 6 heteroatoms. The molecule has 2 heterocycles. The van der Waals surface area contributed by atoms with Gasteiger partial charge in [-0.1, -0.05) is 51.1 Å². The maximum Gasteiger partial charge on any atom is 0.327 e. The average Bonchev–Trinajstić information content (AvgIpc) is 3.09. The van der Waals surface area contributed by atoms with Gasteiger partial charge in [-0.25, -0.2) is 9.48 Å². The summed E-state index contributed by atoms with van der Waals surface area (Å²) in [7, 11) is 0. The first-order valence-electron chi connectivity index (χ1n) is 9.13. The van der Waals surface area contributed by atoms with Crippen molar-refractivity contribution in [2.45, 2.75) is 44.5 Å². The molecule has 4 rings (SSSR count). The van der Waals surface area contributed by atoms with E-state index < -0.39 is 0 Å². The maximum atomic E-state index is 13.0. The molecule has 1 aromatic heterocycles. The van der Waals surface area contributed by atoms with Gasteiger partial charge < -0.3 is 5.32 Å². The standard InChI is InChI=1S/C21H23ClN4O/c1-21(2,3)18-12-19-25(20(27)23-16-10-8-15(22)9-11-16)13-14-6-4-5-7-17(14)26(19)24-18/h4-8,10-12,15H,9,13H2,1-3H3,(H,23,27). The molecule has 2 aromatic rings. The molecule has 0 spiro atoms. The molecule has 5 nitrogen and oxygen atoms in total. The van der Waals surface area contributed by atoms with Crippen molar-refractivity contribution in [3.63, 3.8) is 0 Å². The van der Waals surface area contributed by atoms with Gasteiger partial charge in [0, 0.05) is 17.2 Å². The quantitative estimate of drug-likeness (QED) is 0.730. The van der Waals surface area contributed by atoms with Gasteiger partial charge >= 0.3 is 6.03 Å². The third kappa shape index (κ3) is 3.39. The lowest BCUT2D eigenvalue weighted by atomic mass is 9.92. The van der Waals surface area contributed by atoms with E-state index in [9.17, 15) is 4.79 Å². The summed E-state index contributed by atoms with van der Waals surface area (Å²) >= 11 is 6.07. The zero-order valence-electron chi connectivity index (χ0n) is 15.7. The molecule has 2 aliphatic rings. The zero-order chi connectivity index (χ0) is 19.2. The molecular formula is C21H23ClN4O. The van der Waals surface area contributed by atoms with Crippen LogP contribution in [0.3, 0.4) is 0 Å². The van der Waals surface area contributed by atoms with Crippen molar-refractivity contribution in [2.75, 3.05) is 4.90 Å². The summed E-state index contributed by atoms with van der Waals surface area (Å²) in [4.78, 5) is 14.8. The molecular weight excluding hydrogens is 360 g/mol. The lowest BCUT2D eigenvalue weighted by Crippen LogP contribution is -2.42. The number of nitrogens with zero attached hydrogens (tertiary/aromatic N) is 3. The van der Waals surface area contributed by atoms with E-state index >= 15 is 0 Å². The second kappa shape index (κ2) is 6.57. The van der Waals surface area contributed by atoms with Crippen molar-refractivity contribution >= 4 is 23.4 Å². The molecule has 0 saturated carbocycles. The number of hydrogen-bond donors (Lipinski definition) is 1. The van der Waals surface area contributed by atoms with Crippen LogP contribution < -0.4 is 10.2 Å². The number of urea groups is 1. The van der Waals surface area contributed by atoms with Gasteiger partial charge in [-0.3, -0.25) is 4.90 Å². The third-order valence-corrected chi connectivity index (χ3v) is 5.15. The average molecular weight is 383 g/mol. The van der Waals surface area contributed by atoms with Crippen LogP contribution in [0.1, 0.15) is 38.4 Å². The van der Waals surface area contributed by atoms with Gasteiger partial charge in [-0.05, 0) is 24.1 Å². The van der Waals surface area contributed by atoms with Crippen molar-refractivity contribution in [3.8, 4) is 5.69 Å². The van der Waals surface area contributed by atoms with Crippen LogP contribution in [0, 0.1) is 0 Å². The SMILES string of the molecule is CC(C)(C)c1cc2n(n1)-c1ccccc1CN2C(=O)NC1=CCC(Cl)C=C1. The Labute approximate surface area is 164 Å². The van der Waals surface area contributed by atoms with Crippen molar-refractivity contribution in [2.24, 2.45) is 0 Å². The predicted molar refractivity (Wildman–Crippen MR) is 108 cm³/mol. The van der Waals surface area contributed by atoms with E-state index in [2.05, 4.69) is 26.1 Å². The number of fused-ring (bicyclic) bond motifs is 3. The minimum absolute atomic E-state index is 0.0108. The fourth-order valence-corrected chi connectivity index (χ4v) is 3.43. The van der Waals surface area contributed by atoms with E-state index in [1.54, 1.807) is 4.90 Å². The summed E-state index contributed by atoms with van der Waals surface area (Å²) < 4.78 is 1.87. The Bertz CT molecular complexity index is 951. The first-order valence-corrected chi connectivity index (χ1v) is 9.56. The van der Waals surface area contributed by atoms with E-state index in [0.717, 1.165) is 28.5 Å². The molecule has 1 atom stereocenters. The first kappa shape index (κ1) is 17.9. The second-order valence-electron chi connectivity index (χ2n) is 7.96. The van der Waals surface area contributed by atoms with E-state index in [4.69, 9.17) is 16.7 Å². The molecule has 1 aliphatic carbocycles. The lowest BCUT2D eigenvalue weighted by molar-refractivity contribution is 0.248. The second-order valence-corrected chi connectivity index (χ2v) is 8.53. The molecule has 0 bridgehead atoms. The van der Waals surface area contributed by atoms with Gasteiger partial charge in [0.2, 0.25) is 0 Å². The van der Waals surface area contributed by atoms with Crippen molar-refractivity contribution in [1.82, 2.24) is 15.1 Å². The van der Waals surface area contributed by atoms with Gasteiger partial charge in [0.15, 0.2) is 0 Å². The fourth-order valence-electron chi connectivity index (χ4n) is 3.26. The van der Waals surface area contributed by atoms with Gasteiger partial charge in [-0.2, -0.15) is 5.10 Å². The third-order valence-electron chi connectivity index (χ3n) is 4.83. The number of carbonyl (C=O) groups is 1. The largest absolute Gasteiger partial charge is 0.327 e. The molecule has 1 aromatic carbocycles. The summed E-state index contributed by atoms with van der Waals surface area (Å²) in [5, 5.41) is 7.78. The summed E-state index contributed by atoms with van der Waals surface area (Å²) in [6.45, 7) is 6.88. The Morgan fingerprint density at radius 1 is 1.30 bits per heavy atom. The molecule has 1 unspecified atom stereocenters. The number of para-hydroxylation sites is 1. The number of nitrogens with one attached hydrogen (secondary N) is 1. The Kier molecular flexibility index (Phi) is 4.35. The fraction of sp³-hybridized carbons (Fsp3) is 0.333. The van der Waals surface area contributed by atoms with Crippen LogP contribution in [-0.4, -0.2) is 21.2 Å². The minimum Gasteiger partial charge on any atom is -0.308 e. The summed E-state index contributed by atoms with van der Waals surface area (Å²) in [5.41, 5.74) is 3.71. The number of allylic oxidation sites excluding steroid dienone is 3. The van der Waals surface area contributed by atoms with Gasteiger partial charge in [-0.15, -0.1) is 11.6 Å². The number of carbonyl (C=O) groups excluding carboxylic acids is 1. The van der Waals surface area contributed by atoms with Crippen molar-refractivity contribution < 1.29 is 4.79 Å². The Morgan fingerprint density at radius 2 is 2.07 bits per heavy atom. The highest BCUT2D eigenvalue weighted by Crippen LogP contribution is 2.34. The highest BCUT2D eigenvalue weighted by molar-refractivity contribution is 6.22. The predicted octanol–water partition coefficient (Wildman–Crippen LogP) is 4.65. The number of halogens is 1. The summed E-state index contributed by atoms with van der Waals surface area (Å²) in [6, 6.07) is 9.90. The number of aromatic nitrogens is 2. The lowest BCUT2D eigenvalue weighted by Gasteiger charge is -2.29. The summed E-state index contributed by atoms with van der Waals surface area (Å²) in [5.74, 6) is 0.784. The summed E-state index contributed by atoms with van der Waals surface area (Å²) in [6.07, 6.45) is 6.41. The Morgan fingerprint density at radius 3 is 2.78 bits per heavy atom. The van der Waals surface area contributed by atoms with Crippen LogP contribution in [0.5, 0.6) is 0 Å². The van der Waals surface area contributed by atoms with Gasteiger partial charge in [0.25, 0.3) is 0 Å². The molecule has 0 saturated heterocycles. The molecule has 2 amide bonds. The molecule has 0 fully saturated rings. The van der Waals surface area contributed by atoms with Crippen LogP contribution in [0.2, 0.25) is 0 Å². The van der Waals surface area contributed by atoms with Crippen LogP contribution in [0.15, 0.2) is 54.3 Å². The van der Waals surface area contributed by atoms with E-state index in [1.807, 2.05) is 53.2 Å². The molecule has 140 valence electrons. The number of amides is 2. The Balaban J connectivity index is 1.70. The monoisotopic (exact) mass is 382 g/mol. The van der Waals surface area contributed by atoms with Crippen LogP contribution in [-0.2, 0) is 12.0 Å². The first-order chi connectivity index (χ1) is 12.8. The highest BCUT2D eigenvalue weighted by Gasteiger charge is 2.31. The zero-order valence-corrected chi connectivity index (χ0v) is 16.5. The van der Waals surface area contributed by atoms with Crippen LogP contribution in [0.4, 0.5) is 10.6 Å². The van der Waals surface area contributed by atoms with E-state index in [0.29, 0.717) is 13.0 Å². The van der Waals surface area contributed by atoms with Gasteiger partial charge in [0.1, 0.15) is 5.82 Å². The van der Waals surface area contributed by atoms with Gasteiger partial charge in [0.05, 0.1) is 23.3 Å².